The number of aromatic amines is 1. The van der Waals surface area contributed by atoms with Gasteiger partial charge in [0.25, 0.3) is 5.91 Å². The van der Waals surface area contributed by atoms with Gasteiger partial charge in [0.05, 0.1) is 4.47 Å². The lowest BCUT2D eigenvalue weighted by molar-refractivity contribution is 0.102. The molecule has 2 N–H and O–H groups in total. The van der Waals surface area contributed by atoms with E-state index in [4.69, 9.17) is 0 Å². The predicted octanol–water partition coefficient (Wildman–Crippen LogP) is 2.56. The van der Waals surface area contributed by atoms with Gasteiger partial charge in [-0.1, -0.05) is 0 Å². The van der Waals surface area contributed by atoms with Crippen molar-refractivity contribution in [3.05, 3.63) is 46.4 Å². The van der Waals surface area contributed by atoms with E-state index in [0.717, 1.165) is 0 Å². The molecular weight excluding hydrogens is 277 g/mol. The minimum Gasteiger partial charge on any atom is -0.321 e. The van der Waals surface area contributed by atoms with Gasteiger partial charge in [0.1, 0.15) is 11.5 Å². The highest BCUT2D eigenvalue weighted by molar-refractivity contribution is 9.10. The van der Waals surface area contributed by atoms with Crippen molar-refractivity contribution in [3.8, 4) is 0 Å². The Morgan fingerprint density at radius 2 is 2.25 bits per heavy atom. The highest BCUT2D eigenvalue weighted by atomic mass is 79.9. The molecule has 4 nitrogen and oxygen atoms in total. The molecule has 0 bridgehead atoms. The number of anilines is 1. The van der Waals surface area contributed by atoms with Crippen LogP contribution in [0, 0.1) is 5.82 Å². The number of hydrogen-bond acceptors (Lipinski definition) is 2. The summed E-state index contributed by atoms with van der Waals surface area (Å²) in [6, 6.07) is 5.79. The van der Waals surface area contributed by atoms with Gasteiger partial charge in [0, 0.05) is 11.9 Å². The molecule has 0 saturated heterocycles. The zero-order valence-electron chi connectivity index (χ0n) is 8.00. The Morgan fingerprint density at radius 3 is 2.88 bits per heavy atom. The molecule has 1 amide bonds. The van der Waals surface area contributed by atoms with Crippen LogP contribution in [0.5, 0.6) is 0 Å². The van der Waals surface area contributed by atoms with E-state index in [1.165, 1.54) is 24.4 Å². The molecule has 0 unspecified atom stereocenters. The Balaban J connectivity index is 2.15. The first-order chi connectivity index (χ1) is 7.66. The molecule has 0 radical (unpaired) electrons. The monoisotopic (exact) mass is 283 g/mol. The summed E-state index contributed by atoms with van der Waals surface area (Å²) in [5, 5.41) is 8.80. The molecule has 0 aliphatic heterocycles. The summed E-state index contributed by atoms with van der Waals surface area (Å²) < 4.78 is 13.2. The van der Waals surface area contributed by atoms with E-state index in [2.05, 4.69) is 31.4 Å². The largest absolute Gasteiger partial charge is 0.321 e. The van der Waals surface area contributed by atoms with Crippen molar-refractivity contribution in [2.75, 3.05) is 5.32 Å². The number of halogens is 2. The Morgan fingerprint density at radius 1 is 1.44 bits per heavy atom. The summed E-state index contributed by atoms with van der Waals surface area (Å²) >= 11 is 3.04. The molecule has 1 heterocycles. The third-order valence-corrected chi connectivity index (χ3v) is 2.53. The van der Waals surface area contributed by atoms with Crippen molar-refractivity contribution in [1.29, 1.82) is 0 Å². The Bertz CT molecular complexity index is 513. The summed E-state index contributed by atoms with van der Waals surface area (Å²) in [7, 11) is 0. The van der Waals surface area contributed by atoms with Crippen molar-refractivity contribution >= 4 is 27.5 Å². The van der Waals surface area contributed by atoms with Crippen LogP contribution in [-0.4, -0.2) is 16.1 Å². The lowest BCUT2D eigenvalue weighted by Crippen LogP contribution is -2.12. The number of H-pyrrole nitrogens is 1. The Hall–Kier alpha value is -1.69. The average molecular weight is 284 g/mol. The molecule has 0 aliphatic rings. The SMILES string of the molecule is O=C(Nc1ccc(F)c(Br)c1)c1ccn[nH]1. The molecule has 6 heteroatoms. The minimum absolute atomic E-state index is 0.301. The van der Waals surface area contributed by atoms with E-state index >= 15 is 0 Å². The minimum atomic E-state index is -0.375. The van der Waals surface area contributed by atoms with E-state index in [-0.39, 0.29) is 11.7 Å². The molecule has 0 spiro atoms. The van der Waals surface area contributed by atoms with Crippen LogP contribution in [0.2, 0.25) is 0 Å². The summed E-state index contributed by atoms with van der Waals surface area (Å²) in [4.78, 5) is 11.6. The molecule has 82 valence electrons. The third-order valence-electron chi connectivity index (χ3n) is 1.92. The zero-order chi connectivity index (χ0) is 11.5. The van der Waals surface area contributed by atoms with Crippen molar-refractivity contribution in [2.45, 2.75) is 0 Å². The van der Waals surface area contributed by atoms with Gasteiger partial charge in [-0.05, 0) is 40.2 Å². The number of amides is 1. The highest BCUT2D eigenvalue weighted by Gasteiger charge is 2.08. The fourth-order valence-electron chi connectivity index (χ4n) is 1.15. The fourth-order valence-corrected chi connectivity index (χ4v) is 1.53. The van der Waals surface area contributed by atoms with Crippen LogP contribution in [0.4, 0.5) is 10.1 Å². The average Bonchev–Trinajstić information content (AvgIpc) is 2.77. The molecule has 1 aromatic carbocycles. The fraction of sp³-hybridized carbons (Fsp3) is 0. The molecule has 0 saturated carbocycles. The number of benzene rings is 1. The van der Waals surface area contributed by atoms with Gasteiger partial charge in [-0.3, -0.25) is 9.89 Å². The number of rotatable bonds is 2. The summed E-state index contributed by atoms with van der Waals surface area (Å²) in [5.41, 5.74) is 0.855. The van der Waals surface area contributed by atoms with Crippen molar-refractivity contribution in [3.63, 3.8) is 0 Å². The molecule has 1 aromatic heterocycles. The number of nitrogens with one attached hydrogen (secondary N) is 2. The molecule has 2 aromatic rings. The molecule has 2 rings (SSSR count). The van der Waals surface area contributed by atoms with Crippen molar-refractivity contribution in [2.24, 2.45) is 0 Å². The van der Waals surface area contributed by atoms with E-state index in [1.54, 1.807) is 6.07 Å². The first kappa shape index (κ1) is 10.8. The zero-order valence-corrected chi connectivity index (χ0v) is 9.58. The third kappa shape index (κ3) is 2.27. The van der Waals surface area contributed by atoms with E-state index in [0.29, 0.717) is 15.9 Å². The smallest absolute Gasteiger partial charge is 0.273 e. The Labute approximate surface area is 99.0 Å². The van der Waals surface area contributed by atoms with E-state index in [1.807, 2.05) is 0 Å². The van der Waals surface area contributed by atoms with E-state index < -0.39 is 0 Å². The lowest BCUT2D eigenvalue weighted by atomic mass is 10.3. The van der Waals surface area contributed by atoms with Crippen LogP contribution in [0.3, 0.4) is 0 Å². The van der Waals surface area contributed by atoms with Gasteiger partial charge in [-0.2, -0.15) is 5.10 Å². The molecule has 0 fully saturated rings. The molecule has 16 heavy (non-hydrogen) atoms. The predicted molar refractivity (Wildman–Crippen MR) is 60.6 cm³/mol. The van der Waals surface area contributed by atoms with Gasteiger partial charge in [0.15, 0.2) is 0 Å². The molecule has 0 aliphatic carbocycles. The first-order valence-corrected chi connectivity index (χ1v) is 5.22. The van der Waals surface area contributed by atoms with Crippen molar-refractivity contribution in [1.82, 2.24) is 10.2 Å². The van der Waals surface area contributed by atoms with Gasteiger partial charge in [-0.25, -0.2) is 4.39 Å². The highest BCUT2D eigenvalue weighted by Crippen LogP contribution is 2.20. The number of aromatic nitrogens is 2. The maximum absolute atomic E-state index is 12.9. The summed E-state index contributed by atoms with van der Waals surface area (Å²) in [6.07, 6.45) is 1.48. The molecule has 0 atom stereocenters. The van der Waals surface area contributed by atoms with Gasteiger partial charge in [-0.15, -0.1) is 0 Å². The second kappa shape index (κ2) is 4.44. The van der Waals surface area contributed by atoms with Crippen LogP contribution in [0.15, 0.2) is 34.9 Å². The number of nitrogens with zero attached hydrogens (tertiary/aromatic N) is 1. The van der Waals surface area contributed by atoms with Gasteiger partial charge < -0.3 is 5.32 Å². The van der Waals surface area contributed by atoms with Crippen LogP contribution in [-0.2, 0) is 0 Å². The Kier molecular flexibility index (Phi) is 3.00. The second-order valence-electron chi connectivity index (χ2n) is 3.05. The van der Waals surface area contributed by atoms with Gasteiger partial charge in [0.2, 0.25) is 0 Å². The van der Waals surface area contributed by atoms with Crippen LogP contribution in [0.1, 0.15) is 10.5 Å². The number of hydrogen-bond donors (Lipinski definition) is 2. The second-order valence-corrected chi connectivity index (χ2v) is 3.91. The van der Waals surface area contributed by atoms with Crippen molar-refractivity contribution < 1.29 is 9.18 Å². The van der Waals surface area contributed by atoms with Crippen LogP contribution >= 0.6 is 15.9 Å². The normalized spacial score (nSPS) is 10.1. The van der Waals surface area contributed by atoms with Crippen LogP contribution in [0.25, 0.3) is 0 Å². The number of carbonyl (C=O) groups is 1. The molecular formula is C10H7BrFN3O. The standard InChI is InChI=1S/C10H7BrFN3O/c11-7-5-6(1-2-8(7)12)14-10(16)9-3-4-13-15-9/h1-5H,(H,13,15)(H,14,16). The first-order valence-electron chi connectivity index (χ1n) is 4.42. The van der Waals surface area contributed by atoms with E-state index in [9.17, 15) is 9.18 Å². The number of carbonyl (C=O) groups excluding carboxylic acids is 1. The van der Waals surface area contributed by atoms with Crippen LogP contribution < -0.4 is 5.32 Å². The van der Waals surface area contributed by atoms with Gasteiger partial charge >= 0.3 is 0 Å². The topological polar surface area (TPSA) is 57.8 Å². The summed E-state index contributed by atoms with van der Waals surface area (Å²) in [6.45, 7) is 0. The lowest BCUT2D eigenvalue weighted by Gasteiger charge is -2.04. The maximum atomic E-state index is 12.9. The maximum Gasteiger partial charge on any atom is 0.273 e. The quantitative estimate of drug-likeness (QED) is 0.890. The summed E-state index contributed by atoms with van der Waals surface area (Å²) in [5.74, 6) is -0.699.